The van der Waals surface area contributed by atoms with Crippen LogP contribution in [0.4, 0.5) is 0 Å². The van der Waals surface area contributed by atoms with Crippen LogP contribution in [0.3, 0.4) is 0 Å². The van der Waals surface area contributed by atoms with Crippen LogP contribution in [0, 0.1) is 12.8 Å². The van der Waals surface area contributed by atoms with Crippen molar-refractivity contribution in [3.63, 3.8) is 0 Å². The molecular weight excluding hydrogens is 292 g/mol. The second-order valence-corrected chi connectivity index (χ2v) is 6.86. The fourth-order valence-corrected chi connectivity index (χ4v) is 3.16. The number of aromatic nitrogens is 2. The second kappa shape index (κ2) is 6.93. The topological polar surface area (TPSA) is 78.3 Å². The number of rotatable bonds is 5. The van der Waals surface area contributed by atoms with Gasteiger partial charge in [0.15, 0.2) is 0 Å². The lowest BCUT2D eigenvalue weighted by molar-refractivity contribution is -0.133. The molecular formula is C17H26N4O2. The number of nitrogens with one attached hydrogen (secondary N) is 1. The van der Waals surface area contributed by atoms with Gasteiger partial charge in [0.25, 0.3) is 0 Å². The Labute approximate surface area is 137 Å². The molecule has 3 rings (SSSR count). The highest BCUT2D eigenvalue weighted by Crippen LogP contribution is 2.28. The second-order valence-electron chi connectivity index (χ2n) is 6.86. The van der Waals surface area contributed by atoms with Crippen molar-refractivity contribution in [2.24, 2.45) is 5.92 Å². The molecule has 2 heterocycles. The first-order valence-electron chi connectivity index (χ1n) is 8.55. The number of carbonyl (C=O) groups excluding carboxylic acids is 1. The molecule has 2 fully saturated rings. The van der Waals surface area contributed by atoms with E-state index in [1.165, 1.54) is 0 Å². The van der Waals surface area contributed by atoms with Gasteiger partial charge >= 0.3 is 0 Å². The summed E-state index contributed by atoms with van der Waals surface area (Å²) in [6.45, 7) is 5.81. The van der Waals surface area contributed by atoms with Crippen LogP contribution in [0.15, 0.2) is 12.4 Å². The molecule has 2 atom stereocenters. The number of aryl methyl sites for hydroxylation is 1. The summed E-state index contributed by atoms with van der Waals surface area (Å²) in [6.07, 6.45) is 6.53. The average molecular weight is 318 g/mol. The molecule has 6 nitrogen and oxygen atoms in total. The molecule has 1 aliphatic heterocycles. The monoisotopic (exact) mass is 318 g/mol. The van der Waals surface area contributed by atoms with E-state index in [0.717, 1.165) is 50.2 Å². The van der Waals surface area contributed by atoms with Crippen LogP contribution < -0.4 is 5.32 Å². The zero-order chi connectivity index (χ0) is 16.4. The third-order valence-electron chi connectivity index (χ3n) is 4.99. The summed E-state index contributed by atoms with van der Waals surface area (Å²) in [5.41, 5.74) is 1.89. The number of piperidine rings is 1. The Hall–Kier alpha value is -1.53. The van der Waals surface area contributed by atoms with Gasteiger partial charge in [-0.1, -0.05) is 0 Å². The normalized spacial score (nSPS) is 22.6. The Kier molecular flexibility index (Phi) is 4.92. The van der Waals surface area contributed by atoms with Crippen LogP contribution in [0.2, 0.25) is 0 Å². The molecule has 2 aliphatic rings. The maximum absolute atomic E-state index is 12.0. The molecule has 0 radical (unpaired) electrons. The minimum absolute atomic E-state index is 0.0568. The predicted octanol–water partition coefficient (Wildman–Crippen LogP) is 1.20. The maximum atomic E-state index is 12.0. The highest BCUT2D eigenvalue weighted by Gasteiger charge is 2.34. The standard InChI is InChI=1S/C17H26N4O2/c1-11-9-19-15(10-18-11)12(2)21-7-5-13(6-8-21)16(22)17(23)20-14-3-4-14/h9-10,12-14,16,22H,3-8H2,1-2H3,(H,20,23)/t12-,16+/m1/s1. The third kappa shape index (κ3) is 4.06. The molecule has 1 saturated carbocycles. The van der Waals surface area contributed by atoms with E-state index in [4.69, 9.17) is 0 Å². The lowest BCUT2D eigenvalue weighted by Gasteiger charge is -2.36. The van der Waals surface area contributed by atoms with Crippen LogP contribution in [0.1, 0.15) is 50.0 Å². The Morgan fingerprint density at radius 1 is 1.26 bits per heavy atom. The van der Waals surface area contributed by atoms with Crippen molar-refractivity contribution in [1.82, 2.24) is 20.2 Å². The molecule has 1 amide bonds. The summed E-state index contributed by atoms with van der Waals surface area (Å²) in [5.74, 6) is -0.135. The minimum atomic E-state index is -0.868. The summed E-state index contributed by atoms with van der Waals surface area (Å²) < 4.78 is 0. The number of likely N-dealkylation sites (tertiary alicyclic amines) is 1. The van der Waals surface area contributed by atoms with Crippen LogP contribution in [0.25, 0.3) is 0 Å². The van der Waals surface area contributed by atoms with Crippen molar-refractivity contribution < 1.29 is 9.90 Å². The molecule has 0 aromatic carbocycles. The molecule has 1 aromatic heterocycles. The van der Waals surface area contributed by atoms with Crippen LogP contribution in [-0.2, 0) is 4.79 Å². The summed E-state index contributed by atoms with van der Waals surface area (Å²) in [5, 5.41) is 13.1. The first-order valence-corrected chi connectivity index (χ1v) is 8.55. The quantitative estimate of drug-likeness (QED) is 0.853. The zero-order valence-electron chi connectivity index (χ0n) is 13.9. The van der Waals surface area contributed by atoms with E-state index in [9.17, 15) is 9.90 Å². The Bertz CT molecular complexity index is 536. The van der Waals surface area contributed by atoms with Gasteiger partial charge in [0.2, 0.25) is 5.91 Å². The number of carbonyl (C=O) groups is 1. The molecule has 2 N–H and O–H groups in total. The number of aliphatic hydroxyl groups is 1. The molecule has 1 aliphatic carbocycles. The number of hydrogen-bond acceptors (Lipinski definition) is 5. The highest BCUT2D eigenvalue weighted by molar-refractivity contribution is 5.81. The highest BCUT2D eigenvalue weighted by atomic mass is 16.3. The molecule has 0 unspecified atom stereocenters. The van der Waals surface area contributed by atoms with E-state index in [2.05, 4.69) is 27.1 Å². The number of hydrogen-bond donors (Lipinski definition) is 2. The van der Waals surface area contributed by atoms with Crippen molar-refractivity contribution in [2.45, 2.75) is 57.7 Å². The predicted molar refractivity (Wildman–Crippen MR) is 86.7 cm³/mol. The maximum Gasteiger partial charge on any atom is 0.249 e. The Morgan fingerprint density at radius 3 is 2.52 bits per heavy atom. The van der Waals surface area contributed by atoms with Crippen molar-refractivity contribution in [3.05, 3.63) is 23.8 Å². The number of aliphatic hydroxyl groups excluding tert-OH is 1. The minimum Gasteiger partial charge on any atom is -0.383 e. The van der Waals surface area contributed by atoms with Gasteiger partial charge in [0, 0.05) is 12.2 Å². The molecule has 1 aromatic rings. The Balaban J connectivity index is 1.51. The van der Waals surface area contributed by atoms with Gasteiger partial charge in [-0.3, -0.25) is 19.7 Å². The largest absolute Gasteiger partial charge is 0.383 e. The summed E-state index contributed by atoms with van der Waals surface area (Å²) >= 11 is 0. The zero-order valence-corrected chi connectivity index (χ0v) is 13.9. The van der Waals surface area contributed by atoms with Crippen molar-refractivity contribution in [1.29, 1.82) is 0 Å². The molecule has 1 saturated heterocycles. The molecule has 0 bridgehead atoms. The van der Waals surface area contributed by atoms with Crippen molar-refractivity contribution in [2.75, 3.05) is 13.1 Å². The molecule has 6 heteroatoms. The van der Waals surface area contributed by atoms with Crippen molar-refractivity contribution in [3.8, 4) is 0 Å². The van der Waals surface area contributed by atoms with Gasteiger partial charge in [-0.25, -0.2) is 0 Å². The lowest BCUT2D eigenvalue weighted by atomic mass is 9.90. The van der Waals surface area contributed by atoms with E-state index >= 15 is 0 Å². The SMILES string of the molecule is Cc1cnc([C@@H](C)N2CCC([C@H](O)C(=O)NC3CC3)CC2)cn1. The van der Waals surface area contributed by atoms with Crippen molar-refractivity contribution >= 4 is 5.91 Å². The third-order valence-corrected chi connectivity index (χ3v) is 4.99. The van der Waals surface area contributed by atoms with Gasteiger partial charge in [0.1, 0.15) is 6.10 Å². The van der Waals surface area contributed by atoms with Gasteiger partial charge in [-0.05, 0) is 58.5 Å². The lowest BCUT2D eigenvalue weighted by Crippen LogP contribution is -2.45. The fourth-order valence-electron chi connectivity index (χ4n) is 3.16. The summed E-state index contributed by atoms with van der Waals surface area (Å²) in [7, 11) is 0. The molecule has 126 valence electrons. The van der Waals surface area contributed by atoms with Gasteiger partial charge < -0.3 is 10.4 Å². The smallest absolute Gasteiger partial charge is 0.249 e. The Morgan fingerprint density at radius 2 is 1.96 bits per heavy atom. The first kappa shape index (κ1) is 16.3. The van der Waals surface area contributed by atoms with Gasteiger partial charge in [-0.2, -0.15) is 0 Å². The van der Waals surface area contributed by atoms with Gasteiger partial charge in [0.05, 0.1) is 23.6 Å². The van der Waals surface area contributed by atoms with E-state index < -0.39 is 6.10 Å². The number of nitrogens with zero attached hydrogens (tertiary/aromatic N) is 3. The van der Waals surface area contributed by atoms with E-state index in [1.54, 1.807) is 6.20 Å². The van der Waals surface area contributed by atoms with Crippen LogP contribution in [-0.4, -0.2) is 51.1 Å². The van der Waals surface area contributed by atoms with E-state index in [1.807, 2.05) is 13.1 Å². The first-order chi connectivity index (χ1) is 11.0. The summed E-state index contributed by atoms with van der Waals surface area (Å²) in [4.78, 5) is 23.1. The molecule has 23 heavy (non-hydrogen) atoms. The van der Waals surface area contributed by atoms with E-state index in [-0.39, 0.29) is 17.9 Å². The van der Waals surface area contributed by atoms with Crippen LogP contribution in [0.5, 0.6) is 0 Å². The van der Waals surface area contributed by atoms with E-state index in [0.29, 0.717) is 6.04 Å². The fraction of sp³-hybridized carbons (Fsp3) is 0.706. The van der Waals surface area contributed by atoms with Crippen LogP contribution >= 0.6 is 0 Å². The number of amides is 1. The molecule has 0 spiro atoms. The van der Waals surface area contributed by atoms with Gasteiger partial charge in [-0.15, -0.1) is 0 Å². The summed E-state index contributed by atoms with van der Waals surface area (Å²) in [6, 6.07) is 0.513. The average Bonchev–Trinajstić information content (AvgIpc) is 3.38.